The molecule has 0 heterocycles. The average Bonchev–Trinajstić information content (AvgIpc) is 3.17. The van der Waals surface area contributed by atoms with Crippen molar-refractivity contribution in [2.75, 3.05) is 7.11 Å². The van der Waals surface area contributed by atoms with Gasteiger partial charge in [-0.1, -0.05) is 85.6 Å². The van der Waals surface area contributed by atoms with Gasteiger partial charge in [-0.2, -0.15) is 0 Å². The van der Waals surface area contributed by atoms with E-state index < -0.39 is 0 Å². The first-order valence-corrected chi connectivity index (χ1v) is 13.5. The molecule has 0 saturated heterocycles. The van der Waals surface area contributed by atoms with E-state index in [-0.39, 0.29) is 35.8 Å². The number of carbonyl (C=O) groups is 1. The second kappa shape index (κ2) is 13.9. The van der Waals surface area contributed by atoms with Crippen molar-refractivity contribution in [3.8, 4) is 0 Å². The molecular formula is C36H41N2NiO2-. The van der Waals surface area contributed by atoms with Crippen molar-refractivity contribution in [2.24, 2.45) is 15.9 Å². The molecule has 218 valence electrons. The zero-order valence-corrected chi connectivity index (χ0v) is 26.9. The topological polar surface area (TPSA) is 51.0 Å². The van der Waals surface area contributed by atoms with Gasteiger partial charge in [0.1, 0.15) is 0 Å². The van der Waals surface area contributed by atoms with E-state index in [1.165, 1.54) is 62.4 Å². The van der Waals surface area contributed by atoms with E-state index in [4.69, 9.17) is 9.98 Å². The minimum atomic E-state index is -0.153. The molecule has 4 aromatic carbocycles. The maximum atomic E-state index is 10.3. The number of hydrogen-bond donors (Lipinski definition) is 0. The van der Waals surface area contributed by atoms with Crippen LogP contribution < -0.4 is 0 Å². The molecule has 1 aliphatic rings. The van der Waals surface area contributed by atoms with E-state index >= 15 is 0 Å². The molecule has 0 aromatic heterocycles. The monoisotopic (exact) mass is 591 g/mol. The van der Waals surface area contributed by atoms with Crippen LogP contribution in [0.1, 0.15) is 58.4 Å². The summed E-state index contributed by atoms with van der Waals surface area (Å²) in [5, 5.41) is 2.48. The number of nitrogens with zero attached hydrogens (tertiary/aromatic N) is 2. The van der Waals surface area contributed by atoms with Crippen LogP contribution in [0.25, 0.3) is 10.8 Å². The molecule has 0 fully saturated rings. The summed E-state index contributed by atoms with van der Waals surface area (Å²) in [5.41, 5.74) is 13.7. The quantitative estimate of drug-likeness (QED) is 0.135. The van der Waals surface area contributed by atoms with Crippen LogP contribution in [0.15, 0.2) is 70.6 Å². The van der Waals surface area contributed by atoms with Gasteiger partial charge >= 0.3 is 5.97 Å². The number of aliphatic imine (C=N–C) groups is 2. The van der Waals surface area contributed by atoms with E-state index in [1.54, 1.807) is 13.8 Å². The van der Waals surface area contributed by atoms with E-state index in [0.29, 0.717) is 0 Å². The van der Waals surface area contributed by atoms with Crippen LogP contribution in [0.5, 0.6) is 0 Å². The number of methoxy groups -OCH3 is 1. The standard InChI is InChI=1S/C30H28N2.C5H10O2.CH3.Ni/c1-17-13-19(3)27(20(4)14-17)31-29-24-11-7-9-23-10-8-12-25(26(23)24)30(29)32-28-21(5)15-18(2)16-22(28)6;1-4(2)5(6)7-3;;/h7-16H,1-6H3;4H,1-3H3;1H3;/q;;-1;. The molecule has 0 unspecified atom stereocenters. The van der Waals surface area contributed by atoms with Crippen LogP contribution in [0.4, 0.5) is 11.4 Å². The fourth-order valence-corrected chi connectivity index (χ4v) is 5.37. The zero-order valence-electron chi connectivity index (χ0n) is 25.9. The molecule has 0 bridgehead atoms. The summed E-state index contributed by atoms with van der Waals surface area (Å²) in [4.78, 5) is 20.8. The van der Waals surface area contributed by atoms with Gasteiger partial charge in [0.05, 0.1) is 35.8 Å². The summed E-state index contributed by atoms with van der Waals surface area (Å²) >= 11 is 0. The first kappa shape index (κ1) is 33.6. The number of ether oxygens (including phenoxy) is 1. The van der Waals surface area contributed by atoms with E-state index in [2.05, 4.69) is 107 Å². The van der Waals surface area contributed by atoms with Crippen molar-refractivity contribution in [1.29, 1.82) is 0 Å². The van der Waals surface area contributed by atoms with Gasteiger partial charge in [-0.15, -0.1) is 0 Å². The summed E-state index contributed by atoms with van der Waals surface area (Å²) < 4.78 is 4.37. The third kappa shape index (κ3) is 7.03. The number of hydrogen-bond acceptors (Lipinski definition) is 4. The van der Waals surface area contributed by atoms with Crippen molar-refractivity contribution in [3.63, 3.8) is 0 Å². The Hall–Kier alpha value is -3.56. The third-order valence-electron chi connectivity index (χ3n) is 7.03. The smallest absolute Gasteiger partial charge is 0.308 e. The van der Waals surface area contributed by atoms with Crippen molar-refractivity contribution in [3.05, 3.63) is 113 Å². The Bertz CT molecular complexity index is 1490. The SMILES string of the molecule is COC(=O)C(C)C.Cc1cc(C)c(N=C2C(=Nc3c(C)cc(C)cc3C)c3cccc4cccc2c34)c(C)c1.[CH3-].[Ni]. The summed E-state index contributed by atoms with van der Waals surface area (Å²) in [7, 11) is 1.39. The average molecular weight is 592 g/mol. The van der Waals surface area contributed by atoms with Gasteiger partial charge in [0, 0.05) is 33.0 Å². The van der Waals surface area contributed by atoms with Crippen LogP contribution in [-0.4, -0.2) is 24.5 Å². The first-order valence-electron chi connectivity index (χ1n) is 13.5. The molecule has 5 rings (SSSR count). The Balaban J connectivity index is 0.000000585. The molecule has 0 saturated carbocycles. The van der Waals surface area contributed by atoms with Crippen LogP contribution in [-0.2, 0) is 26.0 Å². The molecular weight excluding hydrogens is 551 g/mol. The van der Waals surface area contributed by atoms with Gasteiger partial charge in [0.2, 0.25) is 0 Å². The van der Waals surface area contributed by atoms with Gasteiger partial charge in [0.25, 0.3) is 0 Å². The summed E-state index contributed by atoms with van der Waals surface area (Å²) in [6.45, 7) is 16.5. The molecule has 1 aliphatic carbocycles. The van der Waals surface area contributed by atoms with Gasteiger partial charge in [-0.25, -0.2) is 9.98 Å². The number of rotatable bonds is 3. The summed E-state index contributed by atoms with van der Waals surface area (Å²) in [5.74, 6) is -0.148. The Morgan fingerprint density at radius 3 is 1.34 bits per heavy atom. The van der Waals surface area contributed by atoms with E-state index in [9.17, 15) is 4.79 Å². The van der Waals surface area contributed by atoms with E-state index in [0.717, 1.165) is 22.8 Å². The van der Waals surface area contributed by atoms with Gasteiger partial charge in [0.15, 0.2) is 0 Å². The summed E-state index contributed by atoms with van der Waals surface area (Å²) in [6.07, 6.45) is 0. The first-order chi connectivity index (χ1) is 18.5. The van der Waals surface area contributed by atoms with Crippen LogP contribution >= 0.6 is 0 Å². The normalized spacial score (nSPS) is 13.5. The number of aryl methyl sites for hydroxylation is 6. The van der Waals surface area contributed by atoms with Crippen molar-refractivity contribution >= 4 is 39.5 Å². The zero-order chi connectivity index (χ0) is 28.4. The predicted molar refractivity (Wildman–Crippen MR) is 171 cm³/mol. The maximum Gasteiger partial charge on any atom is 0.308 e. The van der Waals surface area contributed by atoms with Crippen LogP contribution in [0, 0.1) is 54.9 Å². The van der Waals surface area contributed by atoms with Gasteiger partial charge in [-0.05, 0) is 69.2 Å². The second-order valence-corrected chi connectivity index (χ2v) is 10.8. The minimum absolute atomic E-state index is 0. The summed E-state index contributed by atoms with van der Waals surface area (Å²) in [6, 6.07) is 21.8. The van der Waals surface area contributed by atoms with Crippen molar-refractivity contribution in [2.45, 2.75) is 55.4 Å². The molecule has 5 heteroatoms. The number of benzene rings is 4. The fraction of sp³-hybridized carbons (Fsp3) is 0.278. The Kier molecular flexibility index (Phi) is 11.4. The van der Waals surface area contributed by atoms with Crippen LogP contribution in [0.2, 0.25) is 0 Å². The molecule has 0 amide bonds. The van der Waals surface area contributed by atoms with Crippen molar-refractivity contribution < 1.29 is 26.0 Å². The van der Waals surface area contributed by atoms with Gasteiger partial charge in [-0.3, -0.25) is 4.79 Å². The second-order valence-electron chi connectivity index (χ2n) is 10.8. The molecule has 0 atom stereocenters. The van der Waals surface area contributed by atoms with Crippen molar-refractivity contribution in [1.82, 2.24) is 0 Å². The molecule has 0 radical (unpaired) electrons. The van der Waals surface area contributed by atoms with Crippen LogP contribution in [0.3, 0.4) is 0 Å². The van der Waals surface area contributed by atoms with E-state index in [1.807, 2.05) is 0 Å². The molecule has 0 spiro atoms. The predicted octanol–water partition coefficient (Wildman–Crippen LogP) is 9.21. The largest absolute Gasteiger partial charge is 0.469 e. The third-order valence-corrected chi connectivity index (χ3v) is 7.03. The Labute approximate surface area is 255 Å². The minimum Gasteiger partial charge on any atom is -0.469 e. The maximum absolute atomic E-state index is 10.3. The molecule has 4 nitrogen and oxygen atoms in total. The fourth-order valence-electron chi connectivity index (χ4n) is 5.37. The molecule has 4 aromatic rings. The molecule has 0 aliphatic heterocycles. The Morgan fingerprint density at radius 1 is 0.683 bits per heavy atom. The van der Waals surface area contributed by atoms with Gasteiger partial charge < -0.3 is 12.2 Å². The number of esters is 1. The Morgan fingerprint density at radius 2 is 1.05 bits per heavy atom. The molecule has 0 N–H and O–H groups in total. The number of carbonyl (C=O) groups excluding carboxylic acids is 1. The molecule has 41 heavy (non-hydrogen) atoms.